The van der Waals surface area contributed by atoms with Gasteiger partial charge in [-0.2, -0.15) is 0 Å². The molecule has 0 aliphatic heterocycles. The number of rotatable bonds is 9. The van der Waals surface area contributed by atoms with E-state index >= 15 is 0 Å². The third kappa shape index (κ3) is 5.47. The standard InChI is InChI=1S/C16H20N4O4/c1-23-10-7-19-15(21)4-8-20(12-13-3-2-9-24-13)16(22)14-11-17-5-6-18-14/h2-3,5-6,9,11H,4,7-8,10,12H2,1H3,(H,19,21). The number of hydrogen-bond acceptors (Lipinski definition) is 6. The number of carbonyl (C=O) groups excluding carboxylic acids is 2. The molecule has 2 amide bonds. The minimum Gasteiger partial charge on any atom is -0.467 e. The van der Waals surface area contributed by atoms with Crippen LogP contribution >= 0.6 is 0 Å². The summed E-state index contributed by atoms with van der Waals surface area (Å²) in [4.78, 5) is 33.8. The Kier molecular flexibility index (Phi) is 6.91. The van der Waals surface area contributed by atoms with Crippen LogP contribution in [0.1, 0.15) is 22.7 Å². The van der Waals surface area contributed by atoms with Gasteiger partial charge >= 0.3 is 0 Å². The molecule has 0 unspecified atom stereocenters. The zero-order valence-electron chi connectivity index (χ0n) is 13.5. The molecule has 0 saturated carbocycles. The van der Waals surface area contributed by atoms with Crippen LogP contribution in [0.3, 0.4) is 0 Å². The molecule has 8 nitrogen and oxygen atoms in total. The molecule has 2 rings (SSSR count). The van der Waals surface area contributed by atoms with E-state index in [-0.39, 0.29) is 37.0 Å². The summed E-state index contributed by atoms with van der Waals surface area (Å²) in [6.07, 6.45) is 6.07. The van der Waals surface area contributed by atoms with E-state index in [0.29, 0.717) is 18.9 Å². The number of amides is 2. The maximum absolute atomic E-state index is 12.6. The predicted octanol–water partition coefficient (Wildman–Crippen LogP) is 0.865. The molecule has 128 valence electrons. The van der Waals surface area contributed by atoms with Crippen LogP contribution in [-0.2, 0) is 16.1 Å². The summed E-state index contributed by atoms with van der Waals surface area (Å²) >= 11 is 0. The van der Waals surface area contributed by atoms with E-state index in [9.17, 15) is 9.59 Å². The highest BCUT2D eigenvalue weighted by molar-refractivity contribution is 5.92. The van der Waals surface area contributed by atoms with Gasteiger partial charge in [-0.3, -0.25) is 14.6 Å². The van der Waals surface area contributed by atoms with Crippen molar-refractivity contribution in [1.29, 1.82) is 0 Å². The molecule has 0 fully saturated rings. The third-order valence-electron chi connectivity index (χ3n) is 3.23. The van der Waals surface area contributed by atoms with Crippen LogP contribution in [0.4, 0.5) is 0 Å². The molecule has 1 N–H and O–H groups in total. The smallest absolute Gasteiger partial charge is 0.274 e. The largest absolute Gasteiger partial charge is 0.467 e. The second-order valence-corrected chi connectivity index (χ2v) is 4.99. The topological polar surface area (TPSA) is 97.6 Å². The van der Waals surface area contributed by atoms with Gasteiger partial charge < -0.3 is 19.4 Å². The number of carbonyl (C=O) groups is 2. The summed E-state index contributed by atoms with van der Waals surface area (Å²) < 4.78 is 10.2. The first-order valence-corrected chi connectivity index (χ1v) is 7.54. The third-order valence-corrected chi connectivity index (χ3v) is 3.23. The first-order chi connectivity index (χ1) is 11.7. The minimum atomic E-state index is -0.302. The van der Waals surface area contributed by atoms with Gasteiger partial charge in [-0.05, 0) is 12.1 Å². The molecule has 0 atom stereocenters. The lowest BCUT2D eigenvalue weighted by molar-refractivity contribution is -0.121. The quantitative estimate of drug-likeness (QED) is 0.684. The molecule has 2 heterocycles. The predicted molar refractivity (Wildman–Crippen MR) is 85.0 cm³/mol. The van der Waals surface area contributed by atoms with Crippen LogP contribution < -0.4 is 5.32 Å². The molecule has 0 saturated heterocycles. The Morgan fingerprint density at radius 1 is 1.38 bits per heavy atom. The zero-order valence-corrected chi connectivity index (χ0v) is 13.5. The number of ether oxygens (including phenoxy) is 1. The molecule has 0 radical (unpaired) electrons. The molecular formula is C16H20N4O4. The summed E-state index contributed by atoms with van der Waals surface area (Å²) in [5.74, 6) is 0.180. The van der Waals surface area contributed by atoms with Crippen molar-refractivity contribution in [2.75, 3.05) is 26.8 Å². The van der Waals surface area contributed by atoms with Crippen molar-refractivity contribution in [3.8, 4) is 0 Å². The fraction of sp³-hybridized carbons (Fsp3) is 0.375. The van der Waals surface area contributed by atoms with E-state index in [1.54, 1.807) is 19.2 Å². The van der Waals surface area contributed by atoms with Crippen molar-refractivity contribution in [2.45, 2.75) is 13.0 Å². The number of furan rings is 1. The van der Waals surface area contributed by atoms with Gasteiger partial charge in [-0.15, -0.1) is 0 Å². The van der Waals surface area contributed by atoms with Crippen LogP contribution in [0, 0.1) is 0 Å². The van der Waals surface area contributed by atoms with E-state index < -0.39 is 0 Å². The maximum Gasteiger partial charge on any atom is 0.274 e. The second-order valence-electron chi connectivity index (χ2n) is 4.99. The normalized spacial score (nSPS) is 10.4. The van der Waals surface area contributed by atoms with Gasteiger partial charge in [0.1, 0.15) is 11.5 Å². The van der Waals surface area contributed by atoms with Crippen molar-refractivity contribution >= 4 is 11.8 Å². The van der Waals surface area contributed by atoms with Crippen molar-refractivity contribution in [1.82, 2.24) is 20.2 Å². The summed E-state index contributed by atoms with van der Waals surface area (Å²) in [6.45, 7) is 1.38. The second kappa shape index (κ2) is 9.41. The van der Waals surface area contributed by atoms with Crippen LogP contribution in [0.15, 0.2) is 41.4 Å². The Hall–Kier alpha value is -2.74. The fourth-order valence-corrected chi connectivity index (χ4v) is 2.03. The summed E-state index contributed by atoms with van der Waals surface area (Å²) in [7, 11) is 1.57. The molecule has 0 spiro atoms. The Labute approximate surface area is 139 Å². The molecule has 8 heteroatoms. The molecular weight excluding hydrogens is 312 g/mol. The first-order valence-electron chi connectivity index (χ1n) is 7.54. The minimum absolute atomic E-state index is 0.150. The number of nitrogens with zero attached hydrogens (tertiary/aromatic N) is 3. The molecule has 2 aromatic heterocycles. The molecule has 0 aromatic carbocycles. The highest BCUT2D eigenvalue weighted by Gasteiger charge is 2.19. The molecule has 2 aromatic rings. The highest BCUT2D eigenvalue weighted by atomic mass is 16.5. The van der Waals surface area contributed by atoms with Crippen LogP contribution in [-0.4, -0.2) is 53.5 Å². The molecule has 0 bridgehead atoms. The van der Waals surface area contributed by atoms with E-state index in [4.69, 9.17) is 9.15 Å². The lowest BCUT2D eigenvalue weighted by Gasteiger charge is -2.21. The number of hydrogen-bond donors (Lipinski definition) is 1. The van der Waals surface area contributed by atoms with Gasteiger partial charge in [0.05, 0.1) is 25.6 Å². The lowest BCUT2D eigenvalue weighted by Crippen LogP contribution is -2.36. The summed E-state index contributed by atoms with van der Waals surface area (Å²) in [5, 5.41) is 2.72. The average molecular weight is 332 g/mol. The Bertz CT molecular complexity index is 631. The van der Waals surface area contributed by atoms with Crippen molar-refractivity contribution in [3.05, 3.63) is 48.4 Å². The Morgan fingerprint density at radius 2 is 2.25 bits per heavy atom. The van der Waals surface area contributed by atoms with E-state index in [1.165, 1.54) is 29.8 Å². The van der Waals surface area contributed by atoms with Gasteiger partial charge in [0.2, 0.25) is 5.91 Å². The maximum atomic E-state index is 12.6. The summed E-state index contributed by atoms with van der Waals surface area (Å²) in [5.41, 5.74) is 0.226. The number of methoxy groups -OCH3 is 1. The lowest BCUT2D eigenvalue weighted by atomic mass is 10.3. The number of aromatic nitrogens is 2. The molecule has 0 aliphatic carbocycles. The van der Waals surface area contributed by atoms with Crippen LogP contribution in [0.2, 0.25) is 0 Å². The van der Waals surface area contributed by atoms with E-state index in [1.807, 2.05) is 0 Å². The number of nitrogens with one attached hydrogen (secondary N) is 1. The summed E-state index contributed by atoms with van der Waals surface area (Å²) in [6, 6.07) is 3.52. The van der Waals surface area contributed by atoms with Gasteiger partial charge in [0.25, 0.3) is 5.91 Å². The van der Waals surface area contributed by atoms with E-state index in [0.717, 1.165) is 0 Å². The zero-order chi connectivity index (χ0) is 17.2. The van der Waals surface area contributed by atoms with Crippen LogP contribution in [0.25, 0.3) is 0 Å². The molecule has 0 aliphatic rings. The van der Waals surface area contributed by atoms with Gasteiger partial charge in [-0.1, -0.05) is 0 Å². The van der Waals surface area contributed by atoms with Crippen molar-refractivity contribution in [3.63, 3.8) is 0 Å². The Morgan fingerprint density at radius 3 is 2.92 bits per heavy atom. The van der Waals surface area contributed by atoms with Gasteiger partial charge in [0, 0.05) is 39.0 Å². The van der Waals surface area contributed by atoms with Crippen molar-refractivity contribution < 1.29 is 18.7 Å². The Balaban J connectivity index is 1.98. The monoisotopic (exact) mass is 332 g/mol. The van der Waals surface area contributed by atoms with Gasteiger partial charge in [-0.25, -0.2) is 4.98 Å². The van der Waals surface area contributed by atoms with Crippen molar-refractivity contribution in [2.24, 2.45) is 0 Å². The molecule has 24 heavy (non-hydrogen) atoms. The highest BCUT2D eigenvalue weighted by Crippen LogP contribution is 2.09. The van der Waals surface area contributed by atoms with E-state index in [2.05, 4.69) is 15.3 Å². The SMILES string of the molecule is COCCNC(=O)CCN(Cc1ccco1)C(=O)c1cnccn1. The average Bonchev–Trinajstić information content (AvgIpc) is 3.12. The fourth-order valence-electron chi connectivity index (χ4n) is 2.03. The van der Waals surface area contributed by atoms with Gasteiger partial charge in [0.15, 0.2) is 0 Å². The van der Waals surface area contributed by atoms with Crippen LogP contribution in [0.5, 0.6) is 0 Å². The first kappa shape index (κ1) is 17.6.